The number of hydrogen-bond donors (Lipinski definition) is 2. The molecular formula is C19H24N3O4S+. The zero-order valence-corrected chi connectivity index (χ0v) is 16.1. The van der Waals surface area contributed by atoms with Gasteiger partial charge in [-0.25, -0.2) is 8.42 Å². The number of benzene rings is 2. The van der Waals surface area contributed by atoms with Crippen LogP contribution >= 0.6 is 0 Å². The number of rotatable bonds is 7. The van der Waals surface area contributed by atoms with Gasteiger partial charge in [-0.05, 0) is 17.7 Å². The molecule has 1 fully saturated rings. The minimum absolute atomic E-state index is 0.0616. The Kier molecular flexibility index (Phi) is 5.76. The molecule has 8 heteroatoms. The van der Waals surface area contributed by atoms with Crippen molar-refractivity contribution in [2.75, 3.05) is 24.7 Å². The van der Waals surface area contributed by atoms with Gasteiger partial charge in [-0.3, -0.25) is 10.1 Å². The SMILES string of the molecule is CS(=O)(=O)c1ccc(NCc2ccc(C[NH+]3CCCC3)cc2)c([N+](=O)[O-])c1. The van der Waals surface area contributed by atoms with Crippen LogP contribution in [0.5, 0.6) is 0 Å². The Hall–Kier alpha value is -2.45. The number of nitro benzene ring substituents is 1. The van der Waals surface area contributed by atoms with Gasteiger partial charge in [0.25, 0.3) is 5.69 Å². The summed E-state index contributed by atoms with van der Waals surface area (Å²) in [4.78, 5) is 12.3. The lowest BCUT2D eigenvalue weighted by Crippen LogP contribution is -3.08. The van der Waals surface area contributed by atoms with Gasteiger partial charge in [0.05, 0.1) is 22.9 Å². The Balaban J connectivity index is 1.68. The predicted molar refractivity (Wildman–Crippen MR) is 104 cm³/mol. The molecule has 27 heavy (non-hydrogen) atoms. The standard InChI is InChI=1S/C19H23N3O4S/c1-27(25,26)17-8-9-18(19(12-17)22(23)24)20-13-15-4-6-16(7-5-15)14-21-10-2-3-11-21/h4-9,12,20H,2-3,10-11,13-14H2,1H3/p+1. The van der Waals surface area contributed by atoms with Crippen LogP contribution in [0.1, 0.15) is 24.0 Å². The summed E-state index contributed by atoms with van der Waals surface area (Å²) in [5, 5.41) is 14.3. The molecule has 1 aliphatic rings. The number of anilines is 1. The van der Waals surface area contributed by atoms with Crippen LogP contribution in [-0.2, 0) is 22.9 Å². The zero-order chi connectivity index (χ0) is 19.4. The monoisotopic (exact) mass is 390 g/mol. The molecule has 2 aromatic carbocycles. The van der Waals surface area contributed by atoms with E-state index in [0.717, 1.165) is 24.4 Å². The van der Waals surface area contributed by atoms with Crippen molar-refractivity contribution in [3.8, 4) is 0 Å². The molecule has 0 aliphatic carbocycles. The van der Waals surface area contributed by atoms with Crippen molar-refractivity contribution in [2.45, 2.75) is 30.8 Å². The van der Waals surface area contributed by atoms with E-state index in [1.165, 1.54) is 43.6 Å². The summed E-state index contributed by atoms with van der Waals surface area (Å²) in [7, 11) is -3.49. The number of likely N-dealkylation sites (tertiary alicyclic amines) is 1. The summed E-state index contributed by atoms with van der Waals surface area (Å²) in [5.41, 5.74) is 2.36. The first-order chi connectivity index (χ1) is 12.8. The second-order valence-corrected chi connectivity index (χ2v) is 9.03. The van der Waals surface area contributed by atoms with E-state index in [4.69, 9.17) is 0 Å². The van der Waals surface area contributed by atoms with Gasteiger partial charge in [0, 0.05) is 37.3 Å². The average Bonchev–Trinajstić information content (AvgIpc) is 3.13. The van der Waals surface area contributed by atoms with Crippen molar-refractivity contribution in [1.82, 2.24) is 0 Å². The van der Waals surface area contributed by atoms with Gasteiger partial charge >= 0.3 is 0 Å². The first-order valence-electron chi connectivity index (χ1n) is 8.97. The van der Waals surface area contributed by atoms with Gasteiger partial charge in [-0.1, -0.05) is 24.3 Å². The van der Waals surface area contributed by atoms with Crippen LogP contribution in [0.2, 0.25) is 0 Å². The number of hydrogen-bond acceptors (Lipinski definition) is 5. The maximum absolute atomic E-state index is 11.6. The molecule has 7 nitrogen and oxygen atoms in total. The van der Waals surface area contributed by atoms with Crippen LogP contribution in [0.4, 0.5) is 11.4 Å². The normalized spacial score (nSPS) is 15.0. The summed E-state index contributed by atoms with van der Waals surface area (Å²) in [6, 6.07) is 12.2. The fourth-order valence-electron chi connectivity index (χ4n) is 3.36. The van der Waals surface area contributed by atoms with Crippen molar-refractivity contribution < 1.29 is 18.2 Å². The Morgan fingerprint density at radius 3 is 2.30 bits per heavy atom. The molecule has 1 heterocycles. The Labute approximate surface area is 159 Å². The van der Waals surface area contributed by atoms with Crippen molar-refractivity contribution >= 4 is 21.2 Å². The maximum Gasteiger partial charge on any atom is 0.293 e. The van der Waals surface area contributed by atoms with Gasteiger partial charge < -0.3 is 10.2 Å². The topological polar surface area (TPSA) is 93.8 Å². The smallest absolute Gasteiger partial charge is 0.293 e. The third kappa shape index (κ3) is 5.05. The van der Waals surface area contributed by atoms with Gasteiger partial charge in [0.1, 0.15) is 12.2 Å². The lowest BCUT2D eigenvalue weighted by Gasteiger charge is -2.12. The van der Waals surface area contributed by atoms with E-state index in [1.54, 1.807) is 4.90 Å². The summed E-state index contributed by atoms with van der Waals surface area (Å²) in [6.07, 6.45) is 3.63. The van der Waals surface area contributed by atoms with Crippen LogP contribution < -0.4 is 10.2 Å². The van der Waals surface area contributed by atoms with Crippen LogP contribution in [0.15, 0.2) is 47.4 Å². The van der Waals surface area contributed by atoms with E-state index in [1.807, 2.05) is 12.1 Å². The molecule has 3 rings (SSSR count). The molecule has 2 N–H and O–H groups in total. The third-order valence-electron chi connectivity index (χ3n) is 4.86. The van der Waals surface area contributed by atoms with Gasteiger partial charge in [0.15, 0.2) is 9.84 Å². The van der Waals surface area contributed by atoms with Crippen molar-refractivity contribution in [3.63, 3.8) is 0 Å². The summed E-state index contributed by atoms with van der Waals surface area (Å²) >= 11 is 0. The van der Waals surface area contributed by atoms with Crippen LogP contribution in [0.25, 0.3) is 0 Å². The van der Waals surface area contributed by atoms with Crippen LogP contribution in [-0.4, -0.2) is 32.7 Å². The molecule has 0 atom stereocenters. The molecule has 0 saturated carbocycles. The molecule has 2 aromatic rings. The minimum atomic E-state index is -3.49. The Morgan fingerprint density at radius 2 is 1.70 bits per heavy atom. The van der Waals surface area contributed by atoms with E-state index >= 15 is 0 Å². The maximum atomic E-state index is 11.6. The molecule has 1 aliphatic heterocycles. The molecule has 0 radical (unpaired) electrons. The largest absolute Gasteiger partial charge is 0.375 e. The quantitative estimate of drug-likeness (QED) is 0.555. The second kappa shape index (κ2) is 8.06. The summed E-state index contributed by atoms with van der Waals surface area (Å²) in [5.74, 6) is 0. The molecule has 0 unspecified atom stereocenters. The number of quaternary nitrogens is 1. The highest BCUT2D eigenvalue weighted by Gasteiger charge is 2.19. The molecule has 0 bridgehead atoms. The lowest BCUT2D eigenvalue weighted by molar-refractivity contribution is -0.901. The highest BCUT2D eigenvalue weighted by Crippen LogP contribution is 2.28. The molecular weight excluding hydrogens is 366 g/mol. The van der Waals surface area contributed by atoms with E-state index in [2.05, 4.69) is 17.4 Å². The van der Waals surface area contributed by atoms with Crippen LogP contribution in [0, 0.1) is 10.1 Å². The van der Waals surface area contributed by atoms with Gasteiger partial charge in [-0.2, -0.15) is 0 Å². The average molecular weight is 390 g/mol. The number of nitro groups is 1. The highest BCUT2D eigenvalue weighted by molar-refractivity contribution is 7.90. The molecule has 1 saturated heterocycles. The Morgan fingerprint density at radius 1 is 1.07 bits per heavy atom. The summed E-state index contributed by atoms with van der Waals surface area (Å²) < 4.78 is 23.2. The highest BCUT2D eigenvalue weighted by atomic mass is 32.2. The second-order valence-electron chi connectivity index (χ2n) is 7.01. The Bertz CT molecular complexity index is 920. The van der Waals surface area contributed by atoms with E-state index < -0.39 is 14.8 Å². The predicted octanol–water partition coefficient (Wildman–Crippen LogP) is 1.79. The van der Waals surface area contributed by atoms with E-state index in [-0.39, 0.29) is 10.6 Å². The summed E-state index contributed by atoms with van der Waals surface area (Å²) in [6.45, 7) is 3.93. The van der Waals surface area contributed by atoms with Crippen molar-refractivity contribution in [1.29, 1.82) is 0 Å². The zero-order valence-electron chi connectivity index (χ0n) is 15.3. The number of nitrogens with zero attached hydrogens (tertiary/aromatic N) is 1. The first-order valence-corrected chi connectivity index (χ1v) is 10.9. The number of sulfone groups is 1. The van der Waals surface area contributed by atoms with Crippen LogP contribution in [0.3, 0.4) is 0 Å². The molecule has 0 spiro atoms. The fraction of sp³-hybridized carbons (Fsp3) is 0.368. The minimum Gasteiger partial charge on any atom is -0.375 e. The molecule has 0 aromatic heterocycles. The van der Waals surface area contributed by atoms with Gasteiger partial charge in [0.2, 0.25) is 0 Å². The first kappa shape index (κ1) is 19.3. The van der Waals surface area contributed by atoms with Gasteiger partial charge in [-0.15, -0.1) is 0 Å². The fourth-order valence-corrected chi connectivity index (χ4v) is 4.00. The molecule has 0 amide bonds. The number of nitrogens with one attached hydrogen (secondary N) is 2. The lowest BCUT2D eigenvalue weighted by atomic mass is 10.1. The van der Waals surface area contributed by atoms with E-state index in [9.17, 15) is 18.5 Å². The van der Waals surface area contributed by atoms with E-state index in [0.29, 0.717) is 12.2 Å². The third-order valence-corrected chi connectivity index (χ3v) is 5.98. The molecule has 144 valence electrons. The van der Waals surface area contributed by atoms with Crippen molar-refractivity contribution in [3.05, 3.63) is 63.7 Å². The van der Waals surface area contributed by atoms with Crippen molar-refractivity contribution in [2.24, 2.45) is 0 Å².